The molecule has 0 atom stereocenters. The second-order valence-corrected chi connectivity index (χ2v) is 4.61. The van der Waals surface area contributed by atoms with Crippen LogP contribution in [-0.2, 0) is 0 Å². The monoisotopic (exact) mass is 288 g/mol. The second-order valence-electron chi connectivity index (χ2n) is 4.61. The lowest BCUT2D eigenvalue weighted by molar-refractivity contribution is 0.324. The SMILES string of the molecule is COc1cc(Nc2ccc(N)cc2C)cc(OC)c1OC. The quantitative estimate of drug-likeness (QED) is 0.826. The van der Waals surface area contributed by atoms with E-state index in [9.17, 15) is 0 Å². The maximum absolute atomic E-state index is 5.77. The lowest BCUT2D eigenvalue weighted by atomic mass is 10.1. The number of nitrogens with one attached hydrogen (secondary N) is 1. The topological polar surface area (TPSA) is 65.7 Å². The maximum Gasteiger partial charge on any atom is 0.203 e. The van der Waals surface area contributed by atoms with Crippen molar-refractivity contribution in [2.45, 2.75) is 6.92 Å². The zero-order chi connectivity index (χ0) is 15.4. The van der Waals surface area contributed by atoms with Crippen LogP contribution in [0.4, 0.5) is 17.1 Å². The lowest BCUT2D eigenvalue weighted by Crippen LogP contribution is -1.99. The molecule has 0 radical (unpaired) electrons. The number of nitrogen functional groups attached to an aromatic ring is 1. The third kappa shape index (κ3) is 3.13. The Morgan fingerprint density at radius 1 is 0.905 bits per heavy atom. The highest BCUT2D eigenvalue weighted by Gasteiger charge is 2.13. The van der Waals surface area contributed by atoms with Crippen molar-refractivity contribution in [3.8, 4) is 17.2 Å². The summed E-state index contributed by atoms with van der Waals surface area (Å²) in [4.78, 5) is 0. The minimum Gasteiger partial charge on any atom is -0.493 e. The fourth-order valence-corrected chi connectivity index (χ4v) is 2.14. The van der Waals surface area contributed by atoms with Crippen molar-refractivity contribution in [3.63, 3.8) is 0 Å². The number of aryl methyl sites for hydroxylation is 1. The molecular formula is C16H20N2O3. The predicted molar refractivity (Wildman–Crippen MR) is 85.0 cm³/mol. The Morgan fingerprint density at radius 3 is 2.00 bits per heavy atom. The van der Waals surface area contributed by atoms with Gasteiger partial charge in [-0.15, -0.1) is 0 Å². The van der Waals surface area contributed by atoms with E-state index in [0.29, 0.717) is 17.2 Å². The van der Waals surface area contributed by atoms with Gasteiger partial charge < -0.3 is 25.3 Å². The van der Waals surface area contributed by atoms with Crippen LogP contribution in [0.1, 0.15) is 5.56 Å². The van der Waals surface area contributed by atoms with E-state index in [0.717, 1.165) is 22.6 Å². The first-order chi connectivity index (χ1) is 10.1. The van der Waals surface area contributed by atoms with Crippen molar-refractivity contribution in [1.29, 1.82) is 0 Å². The average molecular weight is 288 g/mol. The van der Waals surface area contributed by atoms with E-state index in [1.165, 1.54) is 0 Å². The van der Waals surface area contributed by atoms with Crippen molar-refractivity contribution >= 4 is 17.1 Å². The second kappa shape index (κ2) is 6.26. The van der Waals surface area contributed by atoms with Gasteiger partial charge in [0.15, 0.2) is 11.5 Å². The van der Waals surface area contributed by atoms with Gasteiger partial charge in [-0.3, -0.25) is 0 Å². The van der Waals surface area contributed by atoms with Crippen molar-refractivity contribution in [2.24, 2.45) is 0 Å². The number of ether oxygens (including phenoxy) is 3. The van der Waals surface area contributed by atoms with Gasteiger partial charge in [0.25, 0.3) is 0 Å². The maximum atomic E-state index is 5.77. The number of anilines is 3. The fourth-order valence-electron chi connectivity index (χ4n) is 2.14. The van der Waals surface area contributed by atoms with Gasteiger partial charge >= 0.3 is 0 Å². The molecule has 0 unspecified atom stereocenters. The van der Waals surface area contributed by atoms with E-state index in [1.54, 1.807) is 21.3 Å². The molecule has 21 heavy (non-hydrogen) atoms. The number of hydrogen-bond donors (Lipinski definition) is 2. The average Bonchev–Trinajstić information content (AvgIpc) is 2.49. The summed E-state index contributed by atoms with van der Waals surface area (Å²) >= 11 is 0. The van der Waals surface area contributed by atoms with Crippen LogP contribution in [0.15, 0.2) is 30.3 Å². The summed E-state index contributed by atoms with van der Waals surface area (Å²) in [5.74, 6) is 1.78. The molecule has 5 heteroatoms. The van der Waals surface area contributed by atoms with E-state index in [-0.39, 0.29) is 0 Å². The molecule has 2 aromatic rings. The zero-order valence-electron chi connectivity index (χ0n) is 12.7. The third-order valence-corrected chi connectivity index (χ3v) is 3.19. The van der Waals surface area contributed by atoms with Gasteiger partial charge in [-0.25, -0.2) is 0 Å². The highest BCUT2D eigenvalue weighted by Crippen LogP contribution is 2.40. The molecule has 112 valence electrons. The normalized spacial score (nSPS) is 10.1. The van der Waals surface area contributed by atoms with Crippen molar-refractivity contribution < 1.29 is 14.2 Å². The van der Waals surface area contributed by atoms with Crippen LogP contribution in [0.2, 0.25) is 0 Å². The van der Waals surface area contributed by atoms with E-state index in [1.807, 2.05) is 37.3 Å². The molecule has 2 aromatic carbocycles. The predicted octanol–water partition coefficient (Wildman–Crippen LogP) is 3.35. The Morgan fingerprint density at radius 2 is 1.52 bits per heavy atom. The molecule has 0 saturated carbocycles. The Bertz CT molecular complexity index is 616. The summed E-state index contributed by atoms with van der Waals surface area (Å²) in [7, 11) is 4.77. The lowest BCUT2D eigenvalue weighted by Gasteiger charge is -2.16. The molecular weight excluding hydrogens is 268 g/mol. The molecule has 0 fully saturated rings. The van der Waals surface area contributed by atoms with Gasteiger partial charge in [-0.1, -0.05) is 0 Å². The van der Waals surface area contributed by atoms with Crippen molar-refractivity contribution in [1.82, 2.24) is 0 Å². The summed E-state index contributed by atoms with van der Waals surface area (Å²) in [6, 6.07) is 9.43. The molecule has 0 aliphatic carbocycles. The van der Waals surface area contributed by atoms with Crippen LogP contribution in [0.25, 0.3) is 0 Å². The Hall–Kier alpha value is -2.56. The molecule has 5 nitrogen and oxygen atoms in total. The molecule has 0 bridgehead atoms. The van der Waals surface area contributed by atoms with Gasteiger partial charge in [-0.05, 0) is 30.7 Å². The van der Waals surface area contributed by atoms with E-state index in [4.69, 9.17) is 19.9 Å². The Labute approximate surface area is 124 Å². The van der Waals surface area contributed by atoms with Crippen LogP contribution in [0.3, 0.4) is 0 Å². The number of rotatable bonds is 5. The van der Waals surface area contributed by atoms with Gasteiger partial charge in [0.2, 0.25) is 5.75 Å². The van der Waals surface area contributed by atoms with Crippen LogP contribution in [0.5, 0.6) is 17.2 Å². The summed E-state index contributed by atoms with van der Waals surface area (Å²) in [6.07, 6.45) is 0. The van der Waals surface area contributed by atoms with Crippen molar-refractivity contribution in [3.05, 3.63) is 35.9 Å². The number of methoxy groups -OCH3 is 3. The largest absolute Gasteiger partial charge is 0.493 e. The minimum absolute atomic E-state index is 0.569. The van der Waals surface area contributed by atoms with Crippen LogP contribution < -0.4 is 25.3 Å². The van der Waals surface area contributed by atoms with Crippen LogP contribution in [-0.4, -0.2) is 21.3 Å². The molecule has 0 heterocycles. The molecule has 3 N–H and O–H groups in total. The number of benzene rings is 2. The summed E-state index contributed by atoms with van der Waals surface area (Å²) in [5, 5.41) is 3.33. The summed E-state index contributed by atoms with van der Waals surface area (Å²) in [5.41, 5.74) is 9.38. The van der Waals surface area contributed by atoms with Gasteiger partial charge in [0.05, 0.1) is 21.3 Å². The smallest absolute Gasteiger partial charge is 0.203 e. The summed E-state index contributed by atoms with van der Waals surface area (Å²) < 4.78 is 16.0. The van der Waals surface area contributed by atoms with Gasteiger partial charge in [0.1, 0.15) is 0 Å². The number of nitrogens with two attached hydrogens (primary N) is 1. The summed E-state index contributed by atoms with van der Waals surface area (Å²) in [6.45, 7) is 2.00. The molecule has 2 rings (SSSR count). The molecule has 0 amide bonds. The third-order valence-electron chi connectivity index (χ3n) is 3.19. The molecule has 0 aliphatic heterocycles. The van der Waals surface area contributed by atoms with E-state index in [2.05, 4.69) is 5.32 Å². The van der Waals surface area contributed by atoms with E-state index >= 15 is 0 Å². The standard InChI is InChI=1S/C16H20N2O3/c1-10-7-11(17)5-6-13(10)18-12-8-14(19-2)16(21-4)15(9-12)20-3/h5-9,18H,17H2,1-4H3. The van der Waals surface area contributed by atoms with Gasteiger partial charge in [-0.2, -0.15) is 0 Å². The Kier molecular flexibility index (Phi) is 4.42. The van der Waals surface area contributed by atoms with Crippen LogP contribution in [0, 0.1) is 6.92 Å². The highest BCUT2D eigenvalue weighted by molar-refractivity contribution is 5.70. The zero-order valence-corrected chi connectivity index (χ0v) is 12.7. The molecule has 0 spiro atoms. The van der Waals surface area contributed by atoms with Crippen LogP contribution >= 0.6 is 0 Å². The number of hydrogen-bond acceptors (Lipinski definition) is 5. The van der Waals surface area contributed by atoms with E-state index < -0.39 is 0 Å². The highest BCUT2D eigenvalue weighted by atomic mass is 16.5. The fraction of sp³-hybridized carbons (Fsp3) is 0.250. The first-order valence-electron chi connectivity index (χ1n) is 6.52. The Balaban J connectivity index is 2.40. The molecule has 0 aliphatic rings. The molecule has 0 saturated heterocycles. The first-order valence-corrected chi connectivity index (χ1v) is 6.52. The molecule has 0 aromatic heterocycles. The first kappa shape index (κ1) is 14.8. The van der Waals surface area contributed by atoms with Gasteiger partial charge in [0, 0.05) is 29.2 Å². The van der Waals surface area contributed by atoms with Crippen molar-refractivity contribution in [2.75, 3.05) is 32.4 Å². The minimum atomic E-state index is 0.569.